The number of benzene rings is 1. The number of non-ortho nitro benzene ring substituents is 1. The topological polar surface area (TPSA) is 67.9 Å². The van der Waals surface area contributed by atoms with E-state index in [1.165, 1.54) is 12.1 Å². The van der Waals surface area contributed by atoms with Crippen molar-refractivity contribution in [1.29, 1.82) is 0 Å². The first-order valence-electron chi connectivity index (χ1n) is 3.73. The molecule has 1 aromatic carbocycles. The van der Waals surface area contributed by atoms with Crippen LogP contribution in [-0.2, 0) is 6.54 Å². The van der Waals surface area contributed by atoms with Gasteiger partial charge < -0.3 is 0 Å². The zero-order valence-corrected chi connectivity index (χ0v) is 7.17. The predicted octanol–water partition coefficient (Wildman–Crippen LogP) is 2.18. The summed E-state index contributed by atoms with van der Waals surface area (Å²) < 4.78 is 0. The average molecular weight is 179 g/mol. The van der Waals surface area contributed by atoms with Crippen LogP contribution in [0, 0.1) is 10.1 Å². The molecular formula is C8H9N3O2. The van der Waals surface area contributed by atoms with Crippen LogP contribution in [0.5, 0.6) is 0 Å². The van der Waals surface area contributed by atoms with Gasteiger partial charge in [-0.15, -0.1) is 0 Å². The average Bonchev–Trinajstić information content (AvgIpc) is 2.15. The Morgan fingerprint density at radius 1 is 1.38 bits per heavy atom. The predicted molar refractivity (Wildman–Crippen MR) is 47.6 cm³/mol. The van der Waals surface area contributed by atoms with E-state index >= 15 is 0 Å². The van der Waals surface area contributed by atoms with Gasteiger partial charge in [0.15, 0.2) is 0 Å². The van der Waals surface area contributed by atoms with Gasteiger partial charge in [-0.25, -0.2) is 0 Å². The summed E-state index contributed by atoms with van der Waals surface area (Å²) in [6.07, 6.45) is 0. The Bertz CT molecular complexity index is 319. The molecule has 0 aliphatic heterocycles. The molecule has 0 unspecified atom stereocenters. The monoisotopic (exact) mass is 179 g/mol. The van der Waals surface area contributed by atoms with Crippen molar-refractivity contribution in [3.8, 4) is 0 Å². The lowest BCUT2D eigenvalue weighted by molar-refractivity contribution is -0.384. The maximum Gasteiger partial charge on any atom is 0.269 e. The highest BCUT2D eigenvalue weighted by Gasteiger charge is 2.02. The molecule has 1 rings (SSSR count). The van der Waals surface area contributed by atoms with E-state index in [0.29, 0.717) is 6.54 Å². The second kappa shape index (κ2) is 4.30. The van der Waals surface area contributed by atoms with Crippen LogP contribution in [-0.4, -0.2) is 12.0 Å². The summed E-state index contributed by atoms with van der Waals surface area (Å²) in [5, 5.41) is 17.6. The lowest BCUT2D eigenvalue weighted by Crippen LogP contribution is -1.88. The Labute approximate surface area is 75.3 Å². The quantitative estimate of drug-likeness (QED) is 0.405. The third kappa shape index (κ3) is 2.62. The van der Waals surface area contributed by atoms with Gasteiger partial charge in [0.05, 0.1) is 11.5 Å². The summed E-state index contributed by atoms with van der Waals surface area (Å²) in [5.41, 5.74) is 1.01. The molecule has 5 nitrogen and oxygen atoms in total. The van der Waals surface area contributed by atoms with Crippen molar-refractivity contribution in [3.63, 3.8) is 0 Å². The van der Waals surface area contributed by atoms with Crippen molar-refractivity contribution >= 4 is 5.69 Å². The van der Waals surface area contributed by atoms with E-state index in [1.54, 1.807) is 19.2 Å². The van der Waals surface area contributed by atoms with E-state index in [4.69, 9.17) is 0 Å². The van der Waals surface area contributed by atoms with Gasteiger partial charge in [-0.1, -0.05) is 12.1 Å². The molecule has 13 heavy (non-hydrogen) atoms. The molecule has 0 amide bonds. The van der Waals surface area contributed by atoms with Crippen LogP contribution in [0.4, 0.5) is 5.69 Å². The molecule has 0 aliphatic carbocycles. The number of nitro groups is 1. The summed E-state index contributed by atoms with van der Waals surface area (Å²) in [6, 6.07) is 6.26. The maximum atomic E-state index is 10.3. The summed E-state index contributed by atoms with van der Waals surface area (Å²) >= 11 is 0. The van der Waals surface area contributed by atoms with Crippen molar-refractivity contribution < 1.29 is 4.92 Å². The summed E-state index contributed by atoms with van der Waals surface area (Å²) in [6.45, 7) is 0.467. The fraction of sp³-hybridized carbons (Fsp3) is 0.250. The van der Waals surface area contributed by atoms with Crippen molar-refractivity contribution in [2.75, 3.05) is 7.05 Å². The molecule has 1 aromatic rings. The number of hydrogen-bond acceptors (Lipinski definition) is 4. The van der Waals surface area contributed by atoms with Gasteiger partial charge in [0.25, 0.3) is 5.69 Å². The molecule has 0 N–H and O–H groups in total. The van der Waals surface area contributed by atoms with Gasteiger partial charge in [-0.05, 0) is 5.56 Å². The lowest BCUT2D eigenvalue weighted by atomic mass is 10.2. The summed E-state index contributed by atoms with van der Waals surface area (Å²) in [4.78, 5) is 9.86. The minimum Gasteiger partial charge on any atom is -0.258 e. The molecular weight excluding hydrogens is 170 g/mol. The van der Waals surface area contributed by atoms with E-state index in [-0.39, 0.29) is 5.69 Å². The van der Waals surface area contributed by atoms with E-state index in [2.05, 4.69) is 10.2 Å². The molecule has 0 heterocycles. The Morgan fingerprint density at radius 3 is 2.46 bits per heavy atom. The van der Waals surface area contributed by atoms with Crippen LogP contribution >= 0.6 is 0 Å². The van der Waals surface area contributed by atoms with Crippen molar-refractivity contribution in [2.24, 2.45) is 10.2 Å². The molecule has 0 atom stereocenters. The fourth-order valence-electron chi connectivity index (χ4n) is 0.875. The zero-order chi connectivity index (χ0) is 9.68. The van der Waals surface area contributed by atoms with Gasteiger partial charge in [-0.2, -0.15) is 10.2 Å². The first-order chi connectivity index (χ1) is 6.24. The van der Waals surface area contributed by atoms with Gasteiger partial charge >= 0.3 is 0 Å². The Hall–Kier alpha value is -1.78. The number of nitrogens with zero attached hydrogens (tertiary/aromatic N) is 3. The fourth-order valence-corrected chi connectivity index (χ4v) is 0.875. The zero-order valence-electron chi connectivity index (χ0n) is 7.17. The van der Waals surface area contributed by atoms with Gasteiger partial charge in [0, 0.05) is 19.2 Å². The molecule has 0 radical (unpaired) electrons. The van der Waals surface area contributed by atoms with Gasteiger partial charge in [-0.3, -0.25) is 10.1 Å². The van der Waals surface area contributed by atoms with E-state index in [1.807, 2.05) is 0 Å². The molecule has 0 saturated carbocycles. The highest BCUT2D eigenvalue weighted by molar-refractivity contribution is 5.32. The molecule has 0 fully saturated rings. The minimum atomic E-state index is -0.425. The largest absolute Gasteiger partial charge is 0.269 e. The number of azo groups is 1. The molecule has 0 spiro atoms. The SMILES string of the molecule is CN=NCc1ccc([N+](=O)[O-])cc1. The van der Waals surface area contributed by atoms with Crippen molar-refractivity contribution in [3.05, 3.63) is 39.9 Å². The second-order valence-corrected chi connectivity index (χ2v) is 2.42. The van der Waals surface area contributed by atoms with Gasteiger partial charge in [0.2, 0.25) is 0 Å². The van der Waals surface area contributed by atoms with Crippen molar-refractivity contribution in [1.82, 2.24) is 0 Å². The second-order valence-electron chi connectivity index (χ2n) is 2.42. The van der Waals surface area contributed by atoms with Crippen LogP contribution in [0.3, 0.4) is 0 Å². The first kappa shape index (κ1) is 9.31. The standard InChI is InChI=1S/C8H9N3O2/c1-9-10-6-7-2-4-8(5-3-7)11(12)13/h2-5H,6H2,1H3. The third-order valence-electron chi connectivity index (χ3n) is 1.54. The normalized spacial score (nSPS) is 10.5. The summed E-state index contributed by atoms with van der Waals surface area (Å²) in [7, 11) is 1.59. The Morgan fingerprint density at radius 2 is 2.00 bits per heavy atom. The summed E-state index contributed by atoms with van der Waals surface area (Å²) in [5.74, 6) is 0. The number of nitro benzene ring substituents is 1. The number of hydrogen-bond donors (Lipinski definition) is 0. The van der Waals surface area contributed by atoms with E-state index in [9.17, 15) is 10.1 Å². The van der Waals surface area contributed by atoms with Crippen LogP contribution in [0.2, 0.25) is 0 Å². The van der Waals surface area contributed by atoms with Crippen LogP contribution in [0.25, 0.3) is 0 Å². The maximum absolute atomic E-state index is 10.3. The third-order valence-corrected chi connectivity index (χ3v) is 1.54. The lowest BCUT2D eigenvalue weighted by Gasteiger charge is -1.94. The first-order valence-corrected chi connectivity index (χ1v) is 3.73. The molecule has 0 aromatic heterocycles. The highest BCUT2D eigenvalue weighted by Crippen LogP contribution is 2.12. The molecule has 0 aliphatic rings. The van der Waals surface area contributed by atoms with Gasteiger partial charge in [0.1, 0.15) is 0 Å². The van der Waals surface area contributed by atoms with E-state index < -0.39 is 4.92 Å². The van der Waals surface area contributed by atoms with Crippen LogP contribution in [0.15, 0.2) is 34.5 Å². The number of rotatable bonds is 3. The molecule has 0 bridgehead atoms. The molecule has 0 saturated heterocycles. The smallest absolute Gasteiger partial charge is 0.258 e. The Balaban J connectivity index is 2.75. The van der Waals surface area contributed by atoms with Crippen LogP contribution in [0.1, 0.15) is 5.56 Å². The van der Waals surface area contributed by atoms with Crippen LogP contribution < -0.4 is 0 Å². The van der Waals surface area contributed by atoms with E-state index in [0.717, 1.165) is 5.56 Å². The van der Waals surface area contributed by atoms with Crippen molar-refractivity contribution in [2.45, 2.75) is 6.54 Å². The molecule has 5 heteroatoms. The molecule has 68 valence electrons. The minimum absolute atomic E-state index is 0.0946. The Kier molecular flexibility index (Phi) is 3.08. The highest BCUT2D eigenvalue weighted by atomic mass is 16.6.